The van der Waals surface area contributed by atoms with Gasteiger partial charge >= 0.3 is 0 Å². The normalized spacial score (nSPS) is 10.2. The summed E-state index contributed by atoms with van der Waals surface area (Å²) in [5, 5.41) is 2.61. The first-order chi connectivity index (χ1) is 11.1. The van der Waals surface area contributed by atoms with Crippen LogP contribution in [0.25, 0.3) is 0 Å². The molecule has 2 aromatic carbocycles. The molecule has 0 fully saturated rings. The first-order valence-corrected chi connectivity index (χ1v) is 7.45. The van der Waals surface area contributed by atoms with Crippen molar-refractivity contribution in [2.45, 2.75) is 13.5 Å². The van der Waals surface area contributed by atoms with Crippen LogP contribution in [-0.2, 0) is 11.3 Å². The summed E-state index contributed by atoms with van der Waals surface area (Å²) in [4.78, 5) is 25.7. The smallest absolute Gasteiger partial charge is 0.251 e. The molecule has 2 aromatic rings. The molecule has 4 nitrogen and oxygen atoms in total. The lowest BCUT2D eigenvalue weighted by Crippen LogP contribution is -2.39. The Hall–Kier alpha value is -2.69. The first kappa shape index (κ1) is 16.7. The Labute approximate surface area is 134 Å². The summed E-state index contributed by atoms with van der Waals surface area (Å²) < 4.78 is 13.2. The van der Waals surface area contributed by atoms with Gasteiger partial charge in [-0.3, -0.25) is 9.59 Å². The maximum atomic E-state index is 13.2. The van der Waals surface area contributed by atoms with Crippen molar-refractivity contribution in [3.05, 3.63) is 71.5 Å². The molecule has 0 aliphatic rings. The van der Waals surface area contributed by atoms with E-state index in [1.807, 2.05) is 13.0 Å². The number of hydrogen-bond acceptors (Lipinski definition) is 2. The van der Waals surface area contributed by atoms with E-state index in [9.17, 15) is 14.0 Å². The summed E-state index contributed by atoms with van der Waals surface area (Å²) in [6.45, 7) is 2.55. The van der Waals surface area contributed by atoms with Crippen LogP contribution >= 0.6 is 0 Å². The maximum Gasteiger partial charge on any atom is 0.251 e. The fraction of sp³-hybridized carbons (Fsp3) is 0.222. The Morgan fingerprint density at radius 1 is 1.09 bits per heavy atom. The zero-order valence-corrected chi connectivity index (χ0v) is 13.0. The van der Waals surface area contributed by atoms with Crippen LogP contribution in [0.5, 0.6) is 0 Å². The van der Waals surface area contributed by atoms with Crippen LogP contribution in [-0.4, -0.2) is 29.8 Å². The number of amides is 2. The van der Waals surface area contributed by atoms with Gasteiger partial charge in [0.1, 0.15) is 5.82 Å². The first-order valence-electron chi connectivity index (χ1n) is 7.45. The zero-order valence-electron chi connectivity index (χ0n) is 13.0. The van der Waals surface area contributed by atoms with Crippen molar-refractivity contribution in [1.82, 2.24) is 10.2 Å². The quantitative estimate of drug-likeness (QED) is 0.891. The van der Waals surface area contributed by atoms with Crippen molar-refractivity contribution in [3.63, 3.8) is 0 Å². The Morgan fingerprint density at radius 2 is 1.83 bits per heavy atom. The van der Waals surface area contributed by atoms with Gasteiger partial charge in [-0.05, 0) is 36.8 Å². The number of halogens is 1. The van der Waals surface area contributed by atoms with Gasteiger partial charge in [-0.25, -0.2) is 4.39 Å². The minimum Gasteiger partial charge on any atom is -0.343 e. The summed E-state index contributed by atoms with van der Waals surface area (Å²) in [6, 6.07) is 14.9. The molecule has 0 aliphatic carbocycles. The molecule has 0 saturated heterocycles. The number of carbonyl (C=O) groups is 2. The minimum absolute atomic E-state index is 0.0864. The highest BCUT2D eigenvalue weighted by atomic mass is 19.1. The summed E-state index contributed by atoms with van der Waals surface area (Å²) in [6.07, 6.45) is 0. The fourth-order valence-corrected chi connectivity index (χ4v) is 2.19. The van der Waals surface area contributed by atoms with Crippen molar-refractivity contribution in [1.29, 1.82) is 0 Å². The molecule has 5 heteroatoms. The average Bonchev–Trinajstić information content (AvgIpc) is 2.58. The fourth-order valence-electron chi connectivity index (χ4n) is 2.19. The van der Waals surface area contributed by atoms with E-state index in [0.29, 0.717) is 18.7 Å². The van der Waals surface area contributed by atoms with Gasteiger partial charge < -0.3 is 10.2 Å². The van der Waals surface area contributed by atoms with Crippen LogP contribution < -0.4 is 5.32 Å². The average molecular weight is 314 g/mol. The maximum absolute atomic E-state index is 13.2. The van der Waals surface area contributed by atoms with E-state index < -0.39 is 0 Å². The number of nitrogens with one attached hydrogen (secondary N) is 1. The molecule has 2 rings (SSSR count). The topological polar surface area (TPSA) is 49.4 Å². The number of nitrogens with zero attached hydrogens (tertiary/aromatic N) is 1. The lowest BCUT2D eigenvalue weighted by Gasteiger charge is -2.21. The van der Waals surface area contributed by atoms with Crippen LogP contribution in [0.1, 0.15) is 22.8 Å². The van der Waals surface area contributed by atoms with Crippen molar-refractivity contribution in [2.24, 2.45) is 0 Å². The molecule has 120 valence electrons. The van der Waals surface area contributed by atoms with E-state index in [-0.39, 0.29) is 24.2 Å². The van der Waals surface area contributed by atoms with E-state index >= 15 is 0 Å². The van der Waals surface area contributed by atoms with Gasteiger partial charge in [-0.15, -0.1) is 0 Å². The highest BCUT2D eigenvalue weighted by Gasteiger charge is 2.14. The second kappa shape index (κ2) is 8.08. The zero-order chi connectivity index (χ0) is 16.7. The molecule has 0 atom stereocenters. The molecule has 0 bridgehead atoms. The number of benzene rings is 2. The molecule has 1 N–H and O–H groups in total. The number of rotatable bonds is 6. The van der Waals surface area contributed by atoms with E-state index in [4.69, 9.17) is 0 Å². The number of likely N-dealkylation sites (N-methyl/N-ethyl adjacent to an activating group) is 1. The summed E-state index contributed by atoms with van der Waals surface area (Å²) >= 11 is 0. The molecule has 2 amide bonds. The summed E-state index contributed by atoms with van der Waals surface area (Å²) in [5.74, 6) is -0.829. The molecule has 0 heterocycles. The van der Waals surface area contributed by atoms with Crippen molar-refractivity contribution >= 4 is 11.8 Å². The van der Waals surface area contributed by atoms with Gasteiger partial charge in [0.15, 0.2) is 0 Å². The molecule has 23 heavy (non-hydrogen) atoms. The van der Waals surface area contributed by atoms with Crippen LogP contribution in [0.3, 0.4) is 0 Å². The molecular formula is C18H19FN2O2. The Morgan fingerprint density at radius 3 is 2.48 bits per heavy atom. The lowest BCUT2D eigenvalue weighted by molar-refractivity contribution is -0.130. The molecular weight excluding hydrogens is 295 g/mol. The molecule has 0 saturated carbocycles. The third-order valence-electron chi connectivity index (χ3n) is 3.43. The SMILES string of the molecule is CCN(Cc1cccc(F)c1)C(=O)CNC(=O)c1ccccc1. The Kier molecular flexibility index (Phi) is 5.86. The molecule has 0 aromatic heterocycles. The monoisotopic (exact) mass is 314 g/mol. The predicted molar refractivity (Wildman–Crippen MR) is 86.3 cm³/mol. The third-order valence-corrected chi connectivity index (χ3v) is 3.43. The summed E-state index contributed by atoms with van der Waals surface area (Å²) in [5.41, 5.74) is 1.23. The van der Waals surface area contributed by atoms with Crippen molar-refractivity contribution in [3.8, 4) is 0 Å². The van der Waals surface area contributed by atoms with E-state index in [2.05, 4.69) is 5.32 Å². The van der Waals surface area contributed by atoms with Crippen LogP contribution in [0.15, 0.2) is 54.6 Å². The predicted octanol–water partition coefficient (Wildman–Crippen LogP) is 2.60. The summed E-state index contributed by atoms with van der Waals surface area (Å²) in [7, 11) is 0. The standard InChI is InChI=1S/C18H19FN2O2/c1-2-21(13-14-7-6-10-16(19)11-14)17(22)12-20-18(23)15-8-4-3-5-9-15/h3-11H,2,12-13H2,1H3,(H,20,23). The van der Waals surface area contributed by atoms with Crippen LogP contribution in [0.4, 0.5) is 4.39 Å². The molecule has 0 aliphatic heterocycles. The highest BCUT2D eigenvalue weighted by molar-refractivity contribution is 5.96. The largest absolute Gasteiger partial charge is 0.343 e. The third kappa shape index (κ3) is 4.92. The second-order valence-electron chi connectivity index (χ2n) is 5.09. The van der Waals surface area contributed by atoms with Crippen molar-refractivity contribution < 1.29 is 14.0 Å². The van der Waals surface area contributed by atoms with Crippen LogP contribution in [0, 0.1) is 5.82 Å². The van der Waals surface area contributed by atoms with Gasteiger partial charge in [0, 0.05) is 18.7 Å². The lowest BCUT2D eigenvalue weighted by atomic mass is 10.2. The van der Waals surface area contributed by atoms with Crippen molar-refractivity contribution in [2.75, 3.05) is 13.1 Å². The van der Waals surface area contributed by atoms with Gasteiger partial charge in [0.25, 0.3) is 5.91 Å². The van der Waals surface area contributed by atoms with E-state index in [1.165, 1.54) is 12.1 Å². The molecule has 0 radical (unpaired) electrons. The Balaban J connectivity index is 1.91. The van der Waals surface area contributed by atoms with Crippen LogP contribution in [0.2, 0.25) is 0 Å². The minimum atomic E-state index is -0.330. The van der Waals surface area contributed by atoms with Gasteiger partial charge in [0.05, 0.1) is 6.54 Å². The highest BCUT2D eigenvalue weighted by Crippen LogP contribution is 2.07. The molecule has 0 unspecified atom stereocenters. The number of hydrogen-bond donors (Lipinski definition) is 1. The van der Waals surface area contributed by atoms with Gasteiger partial charge in [0.2, 0.25) is 5.91 Å². The number of carbonyl (C=O) groups excluding carboxylic acids is 2. The van der Waals surface area contributed by atoms with Gasteiger partial charge in [-0.1, -0.05) is 30.3 Å². The Bertz CT molecular complexity index is 674. The molecule has 0 spiro atoms. The van der Waals surface area contributed by atoms with E-state index in [1.54, 1.807) is 41.3 Å². The van der Waals surface area contributed by atoms with E-state index in [0.717, 1.165) is 5.56 Å². The second-order valence-corrected chi connectivity index (χ2v) is 5.09. The van der Waals surface area contributed by atoms with Gasteiger partial charge in [-0.2, -0.15) is 0 Å².